The molecule has 1 atom stereocenters. The van der Waals surface area contributed by atoms with Crippen LogP contribution in [0.5, 0.6) is 5.88 Å². The molecule has 0 aliphatic rings. The standard InChI is InChI=1S/C18H21F3N4O2/c1-12(14-9-24-15(10-23-14)27-11-18(19,20)21)25(17(2,3)4)16(26)13-6-5-7-22-8-13/h5-10,12H,11H2,1-4H3/t12-/m1/s1. The maximum Gasteiger partial charge on any atom is 0.422 e. The summed E-state index contributed by atoms with van der Waals surface area (Å²) in [5.41, 5.74) is 0.318. The number of aromatic nitrogens is 3. The Bertz CT molecular complexity index is 759. The number of pyridine rings is 1. The van der Waals surface area contributed by atoms with E-state index in [1.807, 2.05) is 20.8 Å². The Hall–Kier alpha value is -2.71. The minimum Gasteiger partial charge on any atom is -0.467 e. The molecule has 6 nitrogen and oxygen atoms in total. The molecule has 27 heavy (non-hydrogen) atoms. The maximum absolute atomic E-state index is 13.0. The Morgan fingerprint density at radius 1 is 1.19 bits per heavy atom. The third-order valence-corrected chi connectivity index (χ3v) is 3.70. The summed E-state index contributed by atoms with van der Waals surface area (Å²) in [6.45, 7) is 5.98. The summed E-state index contributed by atoms with van der Waals surface area (Å²) in [5.74, 6) is -0.466. The average molecular weight is 382 g/mol. The minimum absolute atomic E-state index is 0.232. The van der Waals surface area contributed by atoms with Gasteiger partial charge in [0, 0.05) is 17.9 Å². The number of carbonyl (C=O) groups is 1. The lowest BCUT2D eigenvalue weighted by Crippen LogP contribution is -2.47. The Morgan fingerprint density at radius 3 is 2.37 bits per heavy atom. The van der Waals surface area contributed by atoms with Gasteiger partial charge in [-0.2, -0.15) is 13.2 Å². The van der Waals surface area contributed by atoms with Crippen molar-refractivity contribution >= 4 is 5.91 Å². The molecular formula is C18H21F3N4O2. The number of nitrogens with zero attached hydrogens (tertiary/aromatic N) is 4. The first-order chi connectivity index (χ1) is 12.5. The van der Waals surface area contributed by atoms with Crippen LogP contribution in [0.25, 0.3) is 0 Å². The van der Waals surface area contributed by atoms with Gasteiger partial charge in [-0.15, -0.1) is 0 Å². The van der Waals surface area contributed by atoms with Gasteiger partial charge in [0.15, 0.2) is 6.61 Å². The second-order valence-electron chi connectivity index (χ2n) is 6.95. The molecule has 0 aliphatic heterocycles. The van der Waals surface area contributed by atoms with Crippen LogP contribution in [-0.2, 0) is 0 Å². The number of carbonyl (C=O) groups excluding carboxylic acids is 1. The second kappa shape index (κ2) is 7.89. The monoisotopic (exact) mass is 382 g/mol. The van der Waals surface area contributed by atoms with Crippen molar-refractivity contribution in [3.8, 4) is 5.88 Å². The van der Waals surface area contributed by atoms with Gasteiger partial charge in [-0.05, 0) is 39.8 Å². The summed E-state index contributed by atoms with van der Waals surface area (Å²) in [6.07, 6.45) is 1.03. The number of ether oxygens (including phenoxy) is 1. The fourth-order valence-corrected chi connectivity index (χ4v) is 2.59. The molecule has 0 radical (unpaired) electrons. The van der Waals surface area contributed by atoms with Crippen molar-refractivity contribution in [2.24, 2.45) is 0 Å². The van der Waals surface area contributed by atoms with Gasteiger partial charge in [0.05, 0.1) is 29.7 Å². The summed E-state index contributed by atoms with van der Waals surface area (Å²) in [4.78, 5) is 26.6. The molecular weight excluding hydrogens is 361 g/mol. The fourth-order valence-electron chi connectivity index (χ4n) is 2.59. The van der Waals surface area contributed by atoms with Crippen molar-refractivity contribution in [1.29, 1.82) is 0 Å². The summed E-state index contributed by atoms with van der Waals surface area (Å²) < 4.78 is 41.2. The van der Waals surface area contributed by atoms with E-state index >= 15 is 0 Å². The fraction of sp³-hybridized carbons (Fsp3) is 0.444. The molecule has 0 aliphatic carbocycles. The molecule has 0 aromatic carbocycles. The third kappa shape index (κ3) is 5.63. The zero-order valence-corrected chi connectivity index (χ0v) is 15.5. The van der Waals surface area contributed by atoms with Crippen LogP contribution in [0.2, 0.25) is 0 Å². The number of halogens is 3. The van der Waals surface area contributed by atoms with Crippen LogP contribution in [0.3, 0.4) is 0 Å². The lowest BCUT2D eigenvalue weighted by Gasteiger charge is -2.40. The van der Waals surface area contributed by atoms with Crippen LogP contribution in [0, 0.1) is 0 Å². The molecule has 0 fully saturated rings. The van der Waals surface area contributed by atoms with Gasteiger partial charge in [-0.25, -0.2) is 4.98 Å². The number of hydrogen-bond acceptors (Lipinski definition) is 5. The van der Waals surface area contributed by atoms with Gasteiger partial charge in [0.1, 0.15) is 0 Å². The van der Waals surface area contributed by atoms with Crippen molar-refractivity contribution in [3.63, 3.8) is 0 Å². The highest BCUT2D eigenvalue weighted by Crippen LogP contribution is 2.29. The van der Waals surface area contributed by atoms with Gasteiger partial charge < -0.3 is 9.64 Å². The lowest BCUT2D eigenvalue weighted by atomic mass is 10.00. The summed E-state index contributed by atoms with van der Waals surface area (Å²) in [5, 5.41) is 0. The molecule has 2 rings (SSSR count). The van der Waals surface area contributed by atoms with E-state index in [1.54, 1.807) is 30.2 Å². The highest BCUT2D eigenvalue weighted by Gasteiger charge is 2.33. The van der Waals surface area contributed by atoms with E-state index in [4.69, 9.17) is 0 Å². The molecule has 0 saturated heterocycles. The van der Waals surface area contributed by atoms with E-state index in [-0.39, 0.29) is 11.8 Å². The molecule has 0 unspecified atom stereocenters. The molecule has 0 spiro atoms. The highest BCUT2D eigenvalue weighted by atomic mass is 19.4. The molecule has 0 N–H and O–H groups in total. The van der Waals surface area contributed by atoms with Crippen LogP contribution < -0.4 is 4.74 Å². The zero-order valence-electron chi connectivity index (χ0n) is 15.5. The van der Waals surface area contributed by atoms with Gasteiger partial charge in [-0.3, -0.25) is 14.8 Å². The van der Waals surface area contributed by atoms with Gasteiger partial charge >= 0.3 is 6.18 Å². The van der Waals surface area contributed by atoms with Gasteiger partial charge in [0.2, 0.25) is 5.88 Å². The predicted molar refractivity (Wildman–Crippen MR) is 92.2 cm³/mol. The van der Waals surface area contributed by atoms with E-state index in [0.29, 0.717) is 11.3 Å². The van der Waals surface area contributed by atoms with E-state index in [0.717, 1.165) is 6.20 Å². The zero-order chi connectivity index (χ0) is 20.2. The van der Waals surface area contributed by atoms with Crippen LogP contribution in [0.1, 0.15) is 49.8 Å². The number of rotatable bonds is 5. The van der Waals surface area contributed by atoms with Crippen LogP contribution in [-0.4, -0.2) is 44.1 Å². The SMILES string of the molecule is C[C@H](c1cnc(OCC(F)(F)F)cn1)N(C(=O)c1cccnc1)C(C)(C)C. The van der Waals surface area contributed by atoms with Crippen molar-refractivity contribution in [1.82, 2.24) is 19.9 Å². The van der Waals surface area contributed by atoms with Crippen molar-refractivity contribution in [2.75, 3.05) is 6.61 Å². The quantitative estimate of drug-likeness (QED) is 0.787. The molecule has 2 heterocycles. The first-order valence-electron chi connectivity index (χ1n) is 8.24. The number of alkyl halides is 3. The maximum atomic E-state index is 13.0. The minimum atomic E-state index is -4.45. The number of hydrogen-bond donors (Lipinski definition) is 0. The first kappa shape index (κ1) is 20.6. The van der Waals surface area contributed by atoms with Crippen LogP contribution in [0.4, 0.5) is 13.2 Å². The van der Waals surface area contributed by atoms with Crippen molar-refractivity contribution < 1.29 is 22.7 Å². The molecule has 9 heteroatoms. The Kier molecular flexibility index (Phi) is 6.02. The average Bonchev–Trinajstić information content (AvgIpc) is 2.59. The Morgan fingerprint density at radius 2 is 1.89 bits per heavy atom. The molecule has 0 bridgehead atoms. The molecule has 2 aromatic rings. The van der Waals surface area contributed by atoms with Crippen LogP contribution in [0.15, 0.2) is 36.9 Å². The molecule has 2 aromatic heterocycles. The van der Waals surface area contributed by atoms with Crippen molar-refractivity contribution in [2.45, 2.75) is 45.5 Å². The van der Waals surface area contributed by atoms with E-state index in [1.165, 1.54) is 12.4 Å². The summed E-state index contributed by atoms with van der Waals surface area (Å²) in [6, 6.07) is 2.87. The number of amides is 1. The smallest absolute Gasteiger partial charge is 0.422 e. The Balaban J connectivity index is 2.23. The summed E-state index contributed by atoms with van der Waals surface area (Å²) in [7, 11) is 0. The topological polar surface area (TPSA) is 68.2 Å². The largest absolute Gasteiger partial charge is 0.467 e. The summed E-state index contributed by atoms with van der Waals surface area (Å²) >= 11 is 0. The van der Waals surface area contributed by atoms with E-state index in [9.17, 15) is 18.0 Å². The highest BCUT2D eigenvalue weighted by molar-refractivity contribution is 5.94. The van der Waals surface area contributed by atoms with Gasteiger partial charge in [0.25, 0.3) is 5.91 Å². The normalized spacial score (nSPS) is 13.1. The van der Waals surface area contributed by atoms with E-state index in [2.05, 4.69) is 19.7 Å². The third-order valence-electron chi connectivity index (χ3n) is 3.70. The molecule has 0 saturated carbocycles. The Labute approximate surface area is 155 Å². The lowest BCUT2D eigenvalue weighted by molar-refractivity contribution is -0.154. The first-order valence-corrected chi connectivity index (χ1v) is 8.24. The predicted octanol–water partition coefficient (Wildman–Crippen LogP) is 3.81. The second-order valence-corrected chi connectivity index (χ2v) is 6.95. The molecule has 1 amide bonds. The van der Waals surface area contributed by atoms with E-state index < -0.39 is 24.4 Å². The van der Waals surface area contributed by atoms with Crippen LogP contribution >= 0.6 is 0 Å². The van der Waals surface area contributed by atoms with Gasteiger partial charge in [-0.1, -0.05) is 0 Å². The van der Waals surface area contributed by atoms with Crippen molar-refractivity contribution in [3.05, 3.63) is 48.2 Å². The molecule has 146 valence electrons.